The summed E-state index contributed by atoms with van der Waals surface area (Å²) in [5, 5.41) is 0.499. The predicted octanol–water partition coefficient (Wildman–Crippen LogP) is 2.51. The van der Waals surface area contributed by atoms with Crippen LogP contribution in [0.4, 0.5) is 0 Å². The molecule has 0 spiro atoms. The molecule has 5 heteroatoms. The van der Waals surface area contributed by atoms with Crippen molar-refractivity contribution < 1.29 is 19.1 Å². The number of ether oxygens (including phenoxy) is 2. The van der Waals surface area contributed by atoms with E-state index in [-0.39, 0.29) is 25.2 Å². The van der Waals surface area contributed by atoms with Crippen LogP contribution in [0.3, 0.4) is 0 Å². The molecule has 1 aliphatic rings. The van der Waals surface area contributed by atoms with Crippen LogP contribution in [0, 0.1) is 0 Å². The minimum atomic E-state index is -0.941. The summed E-state index contributed by atoms with van der Waals surface area (Å²) in [6.07, 6.45) is 0.283. The molecule has 0 amide bonds. The van der Waals surface area contributed by atoms with Gasteiger partial charge >= 0.3 is 5.97 Å². The highest BCUT2D eigenvalue weighted by Crippen LogP contribution is 2.46. The number of rotatable bonds is 4. The van der Waals surface area contributed by atoms with E-state index in [1.165, 1.54) is 7.11 Å². The van der Waals surface area contributed by atoms with Gasteiger partial charge in [0.05, 0.1) is 13.7 Å². The van der Waals surface area contributed by atoms with E-state index in [9.17, 15) is 9.59 Å². The number of hydrogen-bond donors (Lipinski definition) is 0. The van der Waals surface area contributed by atoms with Gasteiger partial charge in [0, 0.05) is 23.4 Å². The summed E-state index contributed by atoms with van der Waals surface area (Å²) in [6.45, 7) is 2.01. The Kier molecular flexibility index (Phi) is 3.80. The van der Waals surface area contributed by atoms with Crippen molar-refractivity contribution in [3.05, 3.63) is 28.8 Å². The normalized spacial score (nSPS) is 16.7. The quantitative estimate of drug-likeness (QED) is 0.796. The summed E-state index contributed by atoms with van der Waals surface area (Å²) >= 11 is 5.99. The summed E-state index contributed by atoms with van der Waals surface area (Å²) in [7, 11) is 1.52. The van der Waals surface area contributed by atoms with Crippen molar-refractivity contribution in [2.24, 2.45) is 0 Å². The highest BCUT2D eigenvalue weighted by Gasteiger charge is 2.53. The topological polar surface area (TPSA) is 52.6 Å². The fourth-order valence-electron chi connectivity index (χ4n) is 2.39. The summed E-state index contributed by atoms with van der Waals surface area (Å²) in [5.74, 6) is 0.190. The van der Waals surface area contributed by atoms with Crippen molar-refractivity contribution in [1.29, 1.82) is 0 Å². The van der Waals surface area contributed by atoms with Gasteiger partial charge in [-0.15, -0.1) is 0 Å². The Labute approximate surface area is 116 Å². The molecule has 0 N–H and O–H groups in total. The molecule has 1 saturated carbocycles. The lowest BCUT2D eigenvalue weighted by molar-refractivity contribution is -0.158. The number of hydrogen-bond acceptors (Lipinski definition) is 4. The second-order valence-electron chi connectivity index (χ2n) is 4.54. The molecule has 0 saturated heterocycles. The Morgan fingerprint density at radius 2 is 2.11 bits per heavy atom. The molecule has 1 aromatic rings. The van der Waals surface area contributed by atoms with Gasteiger partial charge in [0.25, 0.3) is 0 Å². The minimum Gasteiger partial charge on any atom is -0.496 e. The third-order valence-electron chi connectivity index (χ3n) is 3.34. The fourth-order valence-corrected chi connectivity index (χ4v) is 2.56. The van der Waals surface area contributed by atoms with Crippen molar-refractivity contribution >= 4 is 23.4 Å². The molecule has 0 unspecified atom stereocenters. The second kappa shape index (κ2) is 5.21. The molecule has 1 fully saturated rings. The first-order chi connectivity index (χ1) is 9.03. The Morgan fingerprint density at radius 1 is 1.42 bits per heavy atom. The molecular formula is C14H15ClO4. The van der Waals surface area contributed by atoms with E-state index in [2.05, 4.69) is 0 Å². The first kappa shape index (κ1) is 13.9. The zero-order chi connectivity index (χ0) is 14.0. The number of methoxy groups -OCH3 is 1. The maximum absolute atomic E-state index is 12.2. The molecule has 4 nitrogen and oxygen atoms in total. The Bertz CT molecular complexity index is 516. The van der Waals surface area contributed by atoms with Gasteiger partial charge in [-0.2, -0.15) is 0 Å². The van der Waals surface area contributed by atoms with E-state index in [1.807, 2.05) is 0 Å². The van der Waals surface area contributed by atoms with Gasteiger partial charge in [-0.3, -0.25) is 9.59 Å². The lowest BCUT2D eigenvalue weighted by Gasteiger charge is -2.38. The van der Waals surface area contributed by atoms with Gasteiger partial charge in [-0.05, 0) is 25.1 Å². The van der Waals surface area contributed by atoms with Crippen LogP contribution >= 0.6 is 11.6 Å². The van der Waals surface area contributed by atoms with Crippen LogP contribution in [0.25, 0.3) is 0 Å². The lowest BCUT2D eigenvalue weighted by atomic mass is 9.63. The average molecular weight is 283 g/mol. The molecule has 0 aliphatic heterocycles. The van der Waals surface area contributed by atoms with E-state index in [4.69, 9.17) is 21.1 Å². The lowest BCUT2D eigenvalue weighted by Crippen LogP contribution is -2.49. The highest BCUT2D eigenvalue weighted by atomic mass is 35.5. The Morgan fingerprint density at radius 3 is 2.63 bits per heavy atom. The van der Waals surface area contributed by atoms with Gasteiger partial charge in [0.1, 0.15) is 16.9 Å². The number of halogens is 1. The summed E-state index contributed by atoms with van der Waals surface area (Å²) in [6, 6.07) is 5.05. The SMILES string of the molecule is CCOC(=O)C1(c2cc(Cl)ccc2OC)CC(=O)C1. The molecule has 0 heterocycles. The van der Waals surface area contributed by atoms with Crippen molar-refractivity contribution in [3.63, 3.8) is 0 Å². The second-order valence-corrected chi connectivity index (χ2v) is 4.98. The molecule has 0 atom stereocenters. The van der Waals surface area contributed by atoms with Gasteiger partial charge in [0.15, 0.2) is 0 Å². The van der Waals surface area contributed by atoms with Gasteiger partial charge in [0.2, 0.25) is 0 Å². The first-order valence-corrected chi connectivity index (χ1v) is 6.44. The molecular weight excluding hydrogens is 268 g/mol. The molecule has 0 bridgehead atoms. The van der Waals surface area contributed by atoms with Crippen molar-refractivity contribution in [1.82, 2.24) is 0 Å². The average Bonchev–Trinajstić information content (AvgIpc) is 2.35. The molecule has 102 valence electrons. The smallest absolute Gasteiger partial charge is 0.317 e. The van der Waals surface area contributed by atoms with Gasteiger partial charge < -0.3 is 9.47 Å². The summed E-state index contributed by atoms with van der Waals surface area (Å²) < 4.78 is 10.4. The number of ketones is 1. The molecule has 2 rings (SSSR count). The summed E-state index contributed by atoms with van der Waals surface area (Å²) in [4.78, 5) is 23.6. The molecule has 1 aliphatic carbocycles. The van der Waals surface area contributed by atoms with Crippen LogP contribution in [0.2, 0.25) is 5.02 Å². The van der Waals surface area contributed by atoms with E-state index < -0.39 is 11.4 Å². The van der Waals surface area contributed by atoms with Crippen molar-refractivity contribution in [2.45, 2.75) is 25.2 Å². The van der Waals surface area contributed by atoms with Crippen molar-refractivity contribution in [3.8, 4) is 5.75 Å². The number of carbonyl (C=O) groups is 2. The number of esters is 1. The Hall–Kier alpha value is -1.55. The van der Waals surface area contributed by atoms with Crippen LogP contribution in [-0.2, 0) is 19.7 Å². The van der Waals surface area contributed by atoms with Crippen LogP contribution in [0.5, 0.6) is 5.75 Å². The minimum absolute atomic E-state index is 0.0371. The van der Waals surface area contributed by atoms with E-state index >= 15 is 0 Å². The third kappa shape index (κ3) is 2.32. The van der Waals surface area contributed by atoms with Crippen LogP contribution in [-0.4, -0.2) is 25.5 Å². The fraction of sp³-hybridized carbons (Fsp3) is 0.429. The number of benzene rings is 1. The maximum atomic E-state index is 12.2. The Balaban J connectivity index is 2.48. The van der Waals surface area contributed by atoms with Gasteiger partial charge in [-0.1, -0.05) is 11.6 Å². The zero-order valence-electron chi connectivity index (χ0n) is 10.9. The molecule has 0 aromatic heterocycles. The highest BCUT2D eigenvalue weighted by molar-refractivity contribution is 6.30. The van der Waals surface area contributed by atoms with Gasteiger partial charge in [-0.25, -0.2) is 0 Å². The van der Waals surface area contributed by atoms with Crippen molar-refractivity contribution in [2.75, 3.05) is 13.7 Å². The van der Waals surface area contributed by atoms with Crippen LogP contribution in [0.15, 0.2) is 18.2 Å². The molecule has 1 aromatic carbocycles. The maximum Gasteiger partial charge on any atom is 0.317 e. The van der Waals surface area contributed by atoms with E-state index in [1.54, 1.807) is 25.1 Å². The van der Waals surface area contributed by atoms with Crippen LogP contribution in [0.1, 0.15) is 25.3 Å². The van der Waals surface area contributed by atoms with Crippen LogP contribution < -0.4 is 4.74 Å². The largest absolute Gasteiger partial charge is 0.496 e. The first-order valence-electron chi connectivity index (χ1n) is 6.06. The summed E-state index contributed by atoms with van der Waals surface area (Å²) in [5.41, 5.74) is -0.316. The monoisotopic (exact) mass is 282 g/mol. The zero-order valence-corrected chi connectivity index (χ0v) is 11.6. The van der Waals surface area contributed by atoms with E-state index in [0.717, 1.165) is 0 Å². The number of carbonyl (C=O) groups excluding carboxylic acids is 2. The molecule has 19 heavy (non-hydrogen) atoms. The number of Topliss-reactive ketones (excluding diaryl/α,β-unsaturated/α-hetero) is 1. The third-order valence-corrected chi connectivity index (χ3v) is 3.58. The predicted molar refractivity (Wildman–Crippen MR) is 70.6 cm³/mol. The molecule has 0 radical (unpaired) electrons. The van der Waals surface area contributed by atoms with E-state index in [0.29, 0.717) is 16.3 Å². The standard InChI is InChI=1S/C14H15ClO4/c1-3-19-13(17)14(7-10(16)8-14)11-6-9(15)4-5-12(11)18-2/h4-6H,3,7-8H2,1-2H3.